The molecule has 1 amide bonds. The van der Waals surface area contributed by atoms with E-state index in [0.29, 0.717) is 18.1 Å². The lowest BCUT2D eigenvalue weighted by Crippen LogP contribution is -2.31. The number of nitrogens with zero attached hydrogens (tertiary/aromatic N) is 4. The van der Waals surface area contributed by atoms with Gasteiger partial charge in [-0.1, -0.05) is 18.2 Å². The summed E-state index contributed by atoms with van der Waals surface area (Å²) in [6, 6.07) is 7.58. The Balaban J connectivity index is 1.69. The van der Waals surface area contributed by atoms with Gasteiger partial charge >= 0.3 is 0 Å². The standard InChI is InChI=1S/C15H16N6O/c1-9-16-14(20-17-9)12-7-4-8-21(12)15(22)13-10-5-2-3-6-11(10)18-19-13/h2-3,5-6,12H,4,7-8H2,1H3,(H,18,19)(H,16,17,20). The number of aromatic nitrogens is 5. The predicted octanol–water partition coefficient (Wildman–Crippen LogP) is 1.97. The Labute approximate surface area is 126 Å². The van der Waals surface area contributed by atoms with E-state index in [0.717, 1.165) is 29.6 Å². The molecule has 1 atom stereocenters. The Bertz CT molecular complexity index is 835. The average Bonchev–Trinajstić information content (AvgIpc) is 3.25. The summed E-state index contributed by atoms with van der Waals surface area (Å²) >= 11 is 0. The number of amides is 1. The van der Waals surface area contributed by atoms with Crippen molar-refractivity contribution in [2.75, 3.05) is 6.54 Å². The van der Waals surface area contributed by atoms with Crippen LogP contribution in [0, 0.1) is 6.92 Å². The zero-order chi connectivity index (χ0) is 15.1. The number of carbonyl (C=O) groups is 1. The van der Waals surface area contributed by atoms with Crippen molar-refractivity contribution in [3.63, 3.8) is 0 Å². The highest BCUT2D eigenvalue weighted by atomic mass is 16.2. The van der Waals surface area contributed by atoms with Gasteiger partial charge in [0, 0.05) is 11.9 Å². The molecule has 112 valence electrons. The quantitative estimate of drug-likeness (QED) is 0.756. The molecule has 7 heteroatoms. The lowest BCUT2D eigenvalue weighted by molar-refractivity contribution is 0.0726. The van der Waals surface area contributed by atoms with Crippen LogP contribution >= 0.6 is 0 Å². The summed E-state index contributed by atoms with van der Waals surface area (Å²) in [6.45, 7) is 2.57. The summed E-state index contributed by atoms with van der Waals surface area (Å²) in [7, 11) is 0. The molecule has 1 fully saturated rings. The average molecular weight is 296 g/mol. The Kier molecular flexibility index (Phi) is 2.92. The number of para-hydroxylation sites is 1. The third kappa shape index (κ3) is 1.97. The summed E-state index contributed by atoms with van der Waals surface area (Å²) in [5.41, 5.74) is 1.34. The third-order valence-electron chi connectivity index (χ3n) is 4.10. The normalized spacial score (nSPS) is 18.2. The lowest BCUT2D eigenvalue weighted by Gasteiger charge is -2.21. The Hall–Kier alpha value is -2.70. The monoisotopic (exact) mass is 296 g/mol. The van der Waals surface area contributed by atoms with E-state index in [1.54, 1.807) is 0 Å². The Morgan fingerprint density at radius 3 is 2.95 bits per heavy atom. The number of H-pyrrole nitrogens is 2. The molecule has 1 saturated heterocycles. The molecule has 2 N–H and O–H groups in total. The first-order chi connectivity index (χ1) is 10.7. The van der Waals surface area contributed by atoms with Crippen LogP contribution in [-0.2, 0) is 0 Å². The molecule has 22 heavy (non-hydrogen) atoms. The number of benzene rings is 1. The van der Waals surface area contributed by atoms with Gasteiger partial charge in [-0.05, 0) is 25.8 Å². The topological polar surface area (TPSA) is 90.6 Å². The van der Waals surface area contributed by atoms with Crippen LogP contribution in [-0.4, -0.2) is 42.7 Å². The molecule has 1 aliphatic rings. The molecule has 1 unspecified atom stereocenters. The van der Waals surface area contributed by atoms with Gasteiger partial charge in [-0.2, -0.15) is 10.2 Å². The first-order valence-corrected chi connectivity index (χ1v) is 7.37. The molecule has 1 aromatic carbocycles. The molecular weight excluding hydrogens is 280 g/mol. The molecule has 1 aliphatic heterocycles. The summed E-state index contributed by atoms with van der Waals surface area (Å²) in [5.74, 6) is 1.38. The van der Waals surface area contributed by atoms with Crippen molar-refractivity contribution in [2.24, 2.45) is 0 Å². The minimum absolute atomic E-state index is 0.0672. The SMILES string of the molecule is Cc1nc(C2CCCN2C(=O)c2n[nH]c3ccccc23)n[nH]1. The molecular formula is C15H16N6O. The predicted molar refractivity (Wildman–Crippen MR) is 80.2 cm³/mol. The molecule has 0 aliphatic carbocycles. The van der Waals surface area contributed by atoms with Crippen LogP contribution < -0.4 is 0 Å². The Morgan fingerprint density at radius 1 is 1.27 bits per heavy atom. The molecule has 0 radical (unpaired) electrons. The maximum Gasteiger partial charge on any atom is 0.275 e. The van der Waals surface area contributed by atoms with E-state index < -0.39 is 0 Å². The van der Waals surface area contributed by atoms with Crippen molar-refractivity contribution >= 4 is 16.8 Å². The van der Waals surface area contributed by atoms with E-state index in [2.05, 4.69) is 25.4 Å². The number of fused-ring (bicyclic) bond motifs is 1. The number of carbonyl (C=O) groups excluding carboxylic acids is 1. The zero-order valence-corrected chi connectivity index (χ0v) is 12.2. The maximum atomic E-state index is 12.9. The molecule has 0 bridgehead atoms. The number of hydrogen-bond donors (Lipinski definition) is 2. The van der Waals surface area contributed by atoms with Crippen molar-refractivity contribution < 1.29 is 4.79 Å². The highest BCUT2D eigenvalue weighted by molar-refractivity contribution is 6.04. The van der Waals surface area contributed by atoms with Crippen LogP contribution in [0.3, 0.4) is 0 Å². The first kappa shape index (κ1) is 13.0. The fourth-order valence-corrected chi connectivity index (χ4v) is 3.05. The van der Waals surface area contributed by atoms with Crippen molar-refractivity contribution in [1.29, 1.82) is 0 Å². The van der Waals surface area contributed by atoms with Gasteiger partial charge in [0.15, 0.2) is 11.5 Å². The molecule has 7 nitrogen and oxygen atoms in total. The van der Waals surface area contributed by atoms with Gasteiger partial charge in [-0.15, -0.1) is 0 Å². The summed E-state index contributed by atoms with van der Waals surface area (Å²) in [5, 5.41) is 15.0. The van der Waals surface area contributed by atoms with Crippen molar-refractivity contribution in [3.8, 4) is 0 Å². The number of rotatable bonds is 2. The van der Waals surface area contributed by atoms with Gasteiger partial charge in [0.2, 0.25) is 0 Å². The van der Waals surface area contributed by atoms with E-state index in [-0.39, 0.29) is 11.9 Å². The van der Waals surface area contributed by atoms with Gasteiger partial charge in [-0.25, -0.2) is 4.98 Å². The number of aryl methyl sites for hydroxylation is 1. The first-order valence-electron chi connectivity index (χ1n) is 7.37. The van der Waals surface area contributed by atoms with E-state index in [4.69, 9.17) is 0 Å². The molecule has 3 heterocycles. The van der Waals surface area contributed by atoms with Crippen LogP contribution in [0.4, 0.5) is 0 Å². The maximum absolute atomic E-state index is 12.9. The van der Waals surface area contributed by atoms with E-state index >= 15 is 0 Å². The minimum atomic E-state index is -0.0760. The fraction of sp³-hybridized carbons (Fsp3) is 0.333. The van der Waals surface area contributed by atoms with Crippen molar-refractivity contribution in [1.82, 2.24) is 30.3 Å². The fourth-order valence-electron chi connectivity index (χ4n) is 3.05. The van der Waals surface area contributed by atoms with Crippen LogP contribution in [0.15, 0.2) is 24.3 Å². The van der Waals surface area contributed by atoms with E-state index in [9.17, 15) is 4.79 Å². The minimum Gasteiger partial charge on any atom is -0.327 e. The van der Waals surface area contributed by atoms with Gasteiger partial charge in [0.1, 0.15) is 5.82 Å². The Morgan fingerprint density at radius 2 is 2.14 bits per heavy atom. The second-order valence-corrected chi connectivity index (χ2v) is 5.55. The molecule has 4 rings (SSSR count). The highest BCUT2D eigenvalue weighted by Crippen LogP contribution is 2.31. The van der Waals surface area contributed by atoms with Crippen LogP contribution in [0.2, 0.25) is 0 Å². The van der Waals surface area contributed by atoms with Gasteiger partial charge in [-0.3, -0.25) is 15.0 Å². The summed E-state index contributed by atoms with van der Waals surface area (Å²) < 4.78 is 0. The zero-order valence-electron chi connectivity index (χ0n) is 12.2. The third-order valence-corrected chi connectivity index (χ3v) is 4.10. The van der Waals surface area contributed by atoms with Gasteiger partial charge in [0.05, 0.1) is 11.6 Å². The smallest absolute Gasteiger partial charge is 0.275 e. The lowest BCUT2D eigenvalue weighted by atomic mass is 10.1. The van der Waals surface area contributed by atoms with E-state index in [1.165, 1.54) is 0 Å². The number of nitrogens with one attached hydrogen (secondary N) is 2. The number of aromatic amines is 2. The molecule has 0 spiro atoms. The summed E-state index contributed by atoms with van der Waals surface area (Å²) in [4.78, 5) is 19.1. The largest absolute Gasteiger partial charge is 0.327 e. The second kappa shape index (κ2) is 4.94. The molecule has 0 saturated carbocycles. The van der Waals surface area contributed by atoms with Crippen LogP contribution in [0.5, 0.6) is 0 Å². The van der Waals surface area contributed by atoms with Gasteiger partial charge < -0.3 is 4.90 Å². The van der Waals surface area contributed by atoms with E-state index in [1.807, 2.05) is 36.1 Å². The van der Waals surface area contributed by atoms with Crippen molar-refractivity contribution in [3.05, 3.63) is 41.6 Å². The second-order valence-electron chi connectivity index (χ2n) is 5.55. The summed E-state index contributed by atoms with van der Waals surface area (Å²) in [6.07, 6.45) is 1.83. The highest BCUT2D eigenvalue weighted by Gasteiger charge is 2.34. The van der Waals surface area contributed by atoms with Crippen LogP contribution in [0.25, 0.3) is 10.9 Å². The van der Waals surface area contributed by atoms with Gasteiger partial charge in [0.25, 0.3) is 5.91 Å². The molecule has 3 aromatic rings. The van der Waals surface area contributed by atoms with Crippen molar-refractivity contribution in [2.45, 2.75) is 25.8 Å². The van der Waals surface area contributed by atoms with Crippen LogP contribution in [0.1, 0.15) is 41.0 Å². The number of hydrogen-bond acceptors (Lipinski definition) is 4. The molecule has 2 aromatic heterocycles. The number of likely N-dealkylation sites (tertiary alicyclic amines) is 1.